The van der Waals surface area contributed by atoms with Crippen molar-refractivity contribution in [3.8, 4) is 0 Å². The number of allylic oxidation sites excluding steroid dienone is 2. The molecule has 3 N–H and O–H groups in total. The van der Waals surface area contributed by atoms with Crippen LogP contribution in [0.4, 0.5) is 5.69 Å². The monoisotopic (exact) mass is 360 g/mol. The van der Waals surface area contributed by atoms with E-state index in [-0.39, 0.29) is 29.4 Å². The molecule has 7 heteroatoms. The molecule has 0 aliphatic heterocycles. The highest BCUT2D eigenvalue weighted by molar-refractivity contribution is 6.01. The number of benzene rings is 1. The van der Waals surface area contributed by atoms with Gasteiger partial charge in [0.25, 0.3) is 5.69 Å². The van der Waals surface area contributed by atoms with Gasteiger partial charge in [-0.05, 0) is 41.9 Å². The van der Waals surface area contributed by atoms with Gasteiger partial charge in [-0.15, -0.1) is 0 Å². The van der Waals surface area contributed by atoms with Crippen molar-refractivity contribution in [3.05, 3.63) is 51.2 Å². The summed E-state index contributed by atoms with van der Waals surface area (Å²) >= 11 is 0. The molecule has 140 valence electrons. The number of carbonyl (C=O) groups is 1. The summed E-state index contributed by atoms with van der Waals surface area (Å²) in [6, 6.07) is 4.86. The van der Waals surface area contributed by atoms with Crippen LogP contribution in [0.15, 0.2) is 35.5 Å². The van der Waals surface area contributed by atoms with E-state index in [2.05, 4.69) is 19.2 Å². The molecule has 0 spiro atoms. The number of Topliss-reactive ketones (excluding diaryl/α,β-unsaturated/α-hetero) is 1. The van der Waals surface area contributed by atoms with Crippen LogP contribution >= 0.6 is 0 Å². The summed E-state index contributed by atoms with van der Waals surface area (Å²) in [5, 5.41) is 34.1. The maximum atomic E-state index is 12.3. The normalized spacial score (nSPS) is 27.5. The summed E-state index contributed by atoms with van der Waals surface area (Å²) < 4.78 is 0. The van der Waals surface area contributed by atoms with Gasteiger partial charge >= 0.3 is 0 Å². The van der Waals surface area contributed by atoms with Gasteiger partial charge in [-0.2, -0.15) is 0 Å². The van der Waals surface area contributed by atoms with Gasteiger partial charge in [0, 0.05) is 29.8 Å². The minimum atomic E-state index is -1.06. The Bertz CT molecular complexity index is 769. The molecular formula is C19H24N2O5. The van der Waals surface area contributed by atoms with E-state index in [4.69, 9.17) is 0 Å². The lowest BCUT2D eigenvalue weighted by Gasteiger charge is -2.25. The number of nitro benzene ring substituents is 1. The van der Waals surface area contributed by atoms with Crippen LogP contribution in [-0.2, 0) is 4.79 Å². The van der Waals surface area contributed by atoms with Crippen LogP contribution in [0.1, 0.15) is 38.9 Å². The Kier molecular flexibility index (Phi) is 4.62. The number of aliphatic hydroxyl groups excluding tert-OH is 2. The van der Waals surface area contributed by atoms with Crippen molar-refractivity contribution < 1.29 is 19.9 Å². The van der Waals surface area contributed by atoms with E-state index < -0.39 is 17.1 Å². The third-order valence-corrected chi connectivity index (χ3v) is 5.90. The van der Waals surface area contributed by atoms with E-state index in [1.54, 1.807) is 6.92 Å². The van der Waals surface area contributed by atoms with Gasteiger partial charge in [0.1, 0.15) is 6.10 Å². The Morgan fingerprint density at radius 3 is 2.50 bits per heavy atom. The van der Waals surface area contributed by atoms with Crippen LogP contribution in [0, 0.1) is 27.4 Å². The molecule has 2 aliphatic rings. The van der Waals surface area contributed by atoms with Crippen LogP contribution in [-0.4, -0.2) is 33.6 Å². The van der Waals surface area contributed by atoms with E-state index in [0.29, 0.717) is 23.6 Å². The lowest BCUT2D eigenvalue weighted by atomic mass is 9.94. The van der Waals surface area contributed by atoms with Gasteiger partial charge in [0.2, 0.25) is 0 Å². The zero-order valence-corrected chi connectivity index (χ0v) is 15.1. The lowest BCUT2D eigenvalue weighted by molar-refractivity contribution is -0.384. The molecule has 2 saturated carbocycles. The van der Waals surface area contributed by atoms with Crippen molar-refractivity contribution in [1.82, 2.24) is 5.32 Å². The standard InChI is InChI=1S/C19H24N2O5/c1-10(16-15(23)8-13-17(16)19(13,2)3)20-14(9-22)18(24)11-4-6-12(7-5-11)21(25)26/h4-7,13-14,17-18,20,22,24H,8-9H2,1-3H3/b16-10+/t13-,14-,17-,18+/m1/s1. The number of hydrogen-bond acceptors (Lipinski definition) is 6. The first-order valence-corrected chi connectivity index (χ1v) is 8.72. The molecule has 2 aliphatic carbocycles. The molecule has 3 rings (SSSR count). The molecule has 0 amide bonds. The van der Waals surface area contributed by atoms with Gasteiger partial charge in [0.05, 0.1) is 17.6 Å². The van der Waals surface area contributed by atoms with E-state index in [9.17, 15) is 25.1 Å². The quantitative estimate of drug-likeness (QED) is 0.407. The van der Waals surface area contributed by atoms with Crippen LogP contribution in [0.5, 0.6) is 0 Å². The second kappa shape index (κ2) is 6.48. The molecule has 1 aromatic carbocycles. The first kappa shape index (κ1) is 18.5. The first-order valence-electron chi connectivity index (χ1n) is 8.72. The van der Waals surface area contributed by atoms with Crippen LogP contribution < -0.4 is 5.32 Å². The summed E-state index contributed by atoms with van der Waals surface area (Å²) in [6.45, 7) is 5.76. The van der Waals surface area contributed by atoms with Crippen molar-refractivity contribution in [2.75, 3.05) is 6.61 Å². The molecule has 0 aromatic heterocycles. The molecule has 0 unspecified atom stereocenters. The van der Waals surface area contributed by atoms with Crippen LogP contribution in [0.3, 0.4) is 0 Å². The van der Waals surface area contributed by atoms with Crippen molar-refractivity contribution in [3.63, 3.8) is 0 Å². The molecule has 0 saturated heterocycles. The molecule has 4 atom stereocenters. The smallest absolute Gasteiger partial charge is 0.269 e. The predicted molar refractivity (Wildman–Crippen MR) is 95.2 cm³/mol. The van der Waals surface area contributed by atoms with Crippen LogP contribution in [0.25, 0.3) is 0 Å². The van der Waals surface area contributed by atoms with E-state index in [1.165, 1.54) is 24.3 Å². The minimum Gasteiger partial charge on any atom is -0.394 e. The lowest BCUT2D eigenvalue weighted by Crippen LogP contribution is -2.38. The highest BCUT2D eigenvalue weighted by atomic mass is 16.6. The third-order valence-electron chi connectivity index (χ3n) is 5.90. The summed E-state index contributed by atoms with van der Waals surface area (Å²) in [4.78, 5) is 22.5. The summed E-state index contributed by atoms with van der Waals surface area (Å²) in [5.41, 5.74) is 1.98. The molecule has 2 fully saturated rings. The molecule has 0 heterocycles. The molecule has 0 radical (unpaired) electrons. The highest BCUT2D eigenvalue weighted by Crippen LogP contribution is 2.68. The molecule has 1 aromatic rings. The number of ketones is 1. The Balaban J connectivity index is 1.77. The van der Waals surface area contributed by atoms with Crippen molar-refractivity contribution in [2.24, 2.45) is 17.3 Å². The maximum Gasteiger partial charge on any atom is 0.269 e. The fourth-order valence-corrected chi connectivity index (χ4v) is 4.23. The van der Waals surface area contributed by atoms with E-state index in [1.807, 2.05) is 0 Å². The van der Waals surface area contributed by atoms with Crippen LogP contribution in [0.2, 0.25) is 0 Å². The Labute approximate surface area is 151 Å². The highest BCUT2D eigenvalue weighted by Gasteiger charge is 2.65. The number of nitro groups is 1. The fraction of sp³-hybridized carbons (Fsp3) is 0.526. The SMILES string of the molecule is C/C(N[C@H](CO)[C@@H](O)c1ccc([N+](=O)[O-])cc1)=C1/C(=O)C[C@@H]2[C@H]1C2(C)C. The summed E-state index contributed by atoms with van der Waals surface area (Å²) in [5.74, 6) is 0.748. The second-order valence-electron chi connectivity index (χ2n) is 7.80. The molecule has 7 nitrogen and oxygen atoms in total. The zero-order valence-electron chi connectivity index (χ0n) is 15.1. The van der Waals surface area contributed by atoms with Crippen molar-refractivity contribution in [2.45, 2.75) is 39.3 Å². The summed E-state index contributed by atoms with van der Waals surface area (Å²) in [6.07, 6.45) is -0.503. The number of carbonyl (C=O) groups excluding carboxylic acids is 1. The Morgan fingerprint density at radius 2 is 2.00 bits per heavy atom. The van der Waals surface area contributed by atoms with Gasteiger partial charge in [-0.1, -0.05) is 13.8 Å². The Hall–Kier alpha value is -2.25. The number of nitrogens with zero attached hydrogens (tertiary/aromatic N) is 1. The van der Waals surface area contributed by atoms with Gasteiger partial charge < -0.3 is 15.5 Å². The van der Waals surface area contributed by atoms with Crippen molar-refractivity contribution in [1.29, 1.82) is 0 Å². The molecular weight excluding hydrogens is 336 g/mol. The van der Waals surface area contributed by atoms with Gasteiger partial charge in [-0.25, -0.2) is 0 Å². The molecule has 26 heavy (non-hydrogen) atoms. The average molecular weight is 360 g/mol. The summed E-state index contributed by atoms with van der Waals surface area (Å²) in [7, 11) is 0. The van der Waals surface area contributed by atoms with Gasteiger partial charge in [0.15, 0.2) is 5.78 Å². The predicted octanol–water partition coefficient (Wildman–Crippen LogP) is 2.10. The fourth-order valence-electron chi connectivity index (χ4n) is 4.23. The van der Waals surface area contributed by atoms with Crippen molar-refractivity contribution >= 4 is 11.5 Å². The zero-order chi connectivity index (χ0) is 19.2. The number of nitrogens with one attached hydrogen (secondary N) is 1. The number of hydrogen-bond donors (Lipinski definition) is 3. The Morgan fingerprint density at radius 1 is 1.38 bits per heavy atom. The minimum absolute atomic E-state index is 0.0636. The first-order chi connectivity index (χ1) is 12.2. The van der Waals surface area contributed by atoms with E-state index in [0.717, 1.165) is 5.57 Å². The molecule has 0 bridgehead atoms. The second-order valence-corrected chi connectivity index (χ2v) is 7.80. The van der Waals surface area contributed by atoms with E-state index >= 15 is 0 Å². The van der Waals surface area contributed by atoms with Gasteiger partial charge in [-0.3, -0.25) is 14.9 Å². The topological polar surface area (TPSA) is 113 Å². The number of non-ortho nitro benzene ring substituents is 1. The number of fused-ring (bicyclic) bond motifs is 1. The largest absolute Gasteiger partial charge is 0.394 e. The number of rotatable bonds is 6. The average Bonchev–Trinajstić information content (AvgIpc) is 2.94. The maximum absolute atomic E-state index is 12.3. The third kappa shape index (κ3) is 3.01. The number of aliphatic hydroxyl groups is 2.